The van der Waals surface area contributed by atoms with Crippen molar-refractivity contribution in [2.24, 2.45) is 12.5 Å². The molecule has 0 aliphatic carbocycles. The highest BCUT2D eigenvalue weighted by Gasteiger charge is 2.26. The van der Waals surface area contributed by atoms with Gasteiger partial charge in [0.2, 0.25) is 5.03 Å². The smallest absolute Gasteiger partial charge is 0.235 e. The highest BCUT2D eigenvalue weighted by Crippen LogP contribution is 2.23. The molecule has 0 amide bonds. The van der Waals surface area contributed by atoms with E-state index < -0.39 is 10.0 Å². The van der Waals surface area contributed by atoms with E-state index in [9.17, 15) is 8.42 Å². The van der Waals surface area contributed by atoms with Crippen LogP contribution in [0, 0.1) is 5.41 Å². The molecular formula is C10H18Br2N4O2S. The Morgan fingerprint density at radius 2 is 2.05 bits per heavy atom. The van der Waals surface area contributed by atoms with Gasteiger partial charge in [-0.2, -0.15) is 0 Å². The Morgan fingerprint density at radius 1 is 1.42 bits per heavy atom. The number of hydrogen-bond acceptors (Lipinski definition) is 4. The van der Waals surface area contributed by atoms with E-state index in [2.05, 4.69) is 46.9 Å². The number of nitrogens with zero attached hydrogens (tertiary/aromatic N) is 3. The van der Waals surface area contributed by atoms with E-state index in [0.29, 0.717) is 6.54 Å². The summed E-state index contributed by atoms with van der Waals surface area (Å²) in [6.45, 7) is 4.45. The lowest BCUT2D eigenvalue weighted by Gasteiger charge is -2.24. The van der Waals surface area contributed by atoms with Gasteiger partial charge in [-0.25, -0.2) is 17.8 Å². The van der Waals surface area contributed by atoms with Crippen LogP contribution in [-0.4, -0.2) is 35.3 Å². The lowest BCUT2D eigenvalue weighted by Crippen LogP contribution is -2.35. The van der Waals surface area contributed by atoms with Crippen LogP contribution in [-0.2, 0) is 17.1 Å². The molecule has 1 aromatic heterocycles. The first-order valence-corrected chi connectivity index (χ1v) is 9.20. The molecule has 110 valence electrons. The molecule has 1 rings (SSSR count). The zero-order valence-electron chi connectivity index (χ0n) is 11.2. The zero-order valence-corrected chi connectivity index (χ0v) is 15.1. The average Bonchev–Trinajstić information content (AvgIpc) is 2.65. The first-order valence-electron chi connectivity index (χ1n) is 5.80. The number of aromatic nitrogens is 3. The van der Waals surface area contributed by atoms with Gasteiger partial charge in [-0.1, -0.05) is 35.0 Å². The Morgan fingerprint density at radius 3 is 2.53 bits per heavy atom. The Kier molecular flexibility index (Phi) is 5.96. The van der Waals surface area contributed by atoms with Crippen LogP contribution in [0.15, 0.2) is 9.63 Å². The molecule has 1 heterocycles. The lowest BCUT2D eigenvalue weighted by atomic mass is 9.88. The number of halogens is 2. The van der Waals surface area contributed by atoms with Crippen LogP contribution in [0.1, 0.15) is 26.7 Å². The fourth-order valence-corrected chi connectivity index (χ4v) is 4.21. The molecular weight excluding hydrogens is 400 g/mol. The first kappa shape index (κ1) is 17.1. The number of alkyl halides is 1. The van der Waals surface area contributed by atoms with Gasteiger partial charge in [-0.3, -0.25) is 0 Å². The molecule has 1 N–H and O–H groups in total. The Balaban J connectivity index is 2.77. The van der Waals surface area contributed by atoms with Gasteiger partial charge in [0.1, 0.15) is 0 Å². The number of rotatable bonds is 7. The molecule has 19 heavy (non-hydrogen) atoms. The Hall–Kier alpha value is 0.01000. The number of nitrogens with one attached hydrogen (secondary N) is 1. The highest BCUT2D eigenvalue weighted by atomic mass is 79.9. The van der Waals surface area contributed by atoms with Crippen LogP contribution < -0.4 is 4.72 Å². The molecule has 0 saturated heterocycles. The average molecular weight is 418 g/mol. The molecule has 0 aliphatic heterocycles. The molecule has 0 aliphatic rings. The molecule has 0 radical (unpaired) electrons. The molecule has 1 aromatic rings. The molecule has 0 bridgehead atoms. The summed E-state index contributed by atoms with van der Waals surface area (Å²) in [7, 11) is -2.06. The van der Waals surface area contributed by atoms with Crippen LogP contribution in [0.3, 0.4) is 0 Å². The monoisotopic (exact) mass is 416 g/mol. The van der Waals surface area contributed by atoms with Crippen molar-refractivity contribution in [2.75, 3.05) is 11.9 Å². The van der Waals surface area contributed by atoms with E-state index >= 15 is 0 Å². The van der Waals surface area contributed by atoms with Gasteiger partial charge in [0.15, 0.2) is 4.60 Å². The van der Waals surface area contributed by atoms with Crippen molar-refractivity contribution >= 4 is 41.9 Å². The lowest BCUT2D eigenvalue weighted by molar-refractivity contribution is 0.331. The normalized spacial score (nSPS) is 12.9. The van der Waals surface area contributed by atoms with Crippen molar-refractivity contribution in [3.63, 3.8) is 0 Å². The summed E-state index contributed by atoms with van der Waals surface area (Å²) in [5.74, 6) is 0. The van der Waals surface area contributed by atoms with Gasteiger partial charge in [0.25, 0.3) is 10.0 Å². The van der Waals surface area contributed by atoms with Crippen LogP contribution in [0.2, 0.25) is 0 Å². The highest BCUT2D eigenvalue weighted by molar-refractivity contribution is 9.10. The third-order valence-electron chi connectivity index (χ3n) is 2.72. The fraction of sp³-hybridized carbons (Fsp3) is 0.800. The summed E-state index contributed by atoms with van der Waals surface area (Å²) in [4.78, 5) is 0. The van der Waals surface area contributed by atoms with Gasteiger partial charge in [-0.15, -0.1) is 5.10 Å². The van der Waals surface area contributed by atoms with Crippen LogP contribution in [0.5, 0.6) is 0 Å². The maximum atomic E-state index is 12.2. The second kappa shape index (κ2) is 6.64. The zero-order chi connectivity index (χ0) is 14.7. The largest absolute Gasteiger partial charge is 0.260 e. The number of sulfonamides is 1. The first-order chi connectivity index (χ1) is 8.69. The quantitative estimate of drug-likeness (QED) is 0.688. The predicted octanol–water partition coefficient (Wildman–Crippen LogP) is 2.06. The summed E-state index contributed by atoms with van der Waals surface area (Å²) in [6, 6.07) is 0. The molecule has 0 aromatic carbocycles. The van der Waals surface area contributed by atoms with Gasteiger partial charge in [-0.05, 0) is 34.2 Å². The molecule has 0 fully saturated rings. The molecule has 0 saturated carbocycles. The van der Waals surface area contributed by atoms with Crippen LogP contribution >= 0.6 is 31.9 Å². The fourth-order valence-electron chi connectivity index (χ4n) is 1.60. The van der Waals surface area contributed by atoms with Crippen molar-refractivity contribution in [3.05, 3.63) is 4.60 Å². The minimum Gasteiger partial charge on any atom is -0.235 e. The Labute approximate surface area is 130 Å². The maximum Gasteiger partial charge on any atom is 0.260 e. The van der Waals surface area contributed by atoms with E-state index in [4.69, 9.17) is 0 Å². The summed E-state index contributed by atoms with van der Waals surface area (Å²) in [5, 5.41) is 8.31. The van der Waals surface area contributed by atoms with Crippen molar-refractivity contribution in [3.8, 4) is 0 Å². The van der Waals surface area contributed by atoms with Gasteiger partial charge < -0.3 is 0 Å². The maximum absolute atomic E-state index is 12.2. The van der Waals surface area contributed by atoms with Crippen molar-refractivity contribution in [1.29, 1.82) is 0 Å². The van der Waals surface area contributed by atoms with Gasteiger partial charge in [0, 0.05) is 18.9 Å². The number of hydrogen-bond donors (Lipinski definition) is 1. The summed E-state index contributed by atoms with van der Waals surface area (Å²) in [6.07, 6.45) is 1.94. The molecule has 6 nitrogen and oxygen atoms in total. The van der Waals surface area contributed by atoms with Crippen molar-refractivity contribution in [1.82, 2.24) is 19.7 Å². The second-order valence-corrected chi connectivity index (χ2v) is 8.32. The SMILES string of the molecule is Cn1nnc(Br)c1S(=O)(=O)NCC(C)(C)CCCBr. The number of aryl methyl sites for hydroxylation is 1. The Bertz CT molecular complexity index is 508. The van der Waals surface area contributed by atoms with Crippen molar-refractivity contribution < 1.29 is 8.42 Å². The van der Waals surface area contributed by atoms with Gasteiger partial charge in [0.05, 0.1) is 0 Å². The summed E-state index contributed by atoms with van der Waals surface area (Å²) in [5.41, 5.74) is -0.0979. The minimum atomic E-state index is -3.61. The van der Waals surface area contributed by atoms with E-state index in [1.807, 2.05) is 13.8 Å². The predicted molar refractivity (Wildman–Crippen MR) is 80.7 cm³/mol. The molecule has 0 spiro atoms. The summed E-state index contributed by atoms with van der Waals surface area (Å²) >= 11 is 6.47. The topological polar surface area (TPSA) is 76.9 Å². The van der Waals surface area contributed by atoms with E-state index in [-0.39, 0.29) is 15.0 Å². The minimum absolute atomic E-state index is 0.0452. The third kappa shape index (κ3) is 4.80. The van der Waals surface area contributed by atoms with Crippen LogP contribution in [0.4, 0.5) is 0 Å². The van der Waals surface area contributed by atoms with E-state index in [1.165, 1.54) is 4.68 Å². The molecule has 0 atom stereocenters. The van der Waals surface area contributed by atoms with E-state index in [0.717, 1.165) is 18.2 Å². The van der Waals surface area contributed by atoms with Gasteiger partial charge >= 0.3 is 0 Å². The van der Waals surface area contributed by atoms with Crippen LogP contribution in [0.25, 0.3) is 0 Å². The second-order valence-electron chi connectivity index (χ2n) is 5.09. The molecule has 9 heteroatoms. The standard InChI is InChI=1S/C10H18Br2N4O2S/c1-10(2,5-4-6-11)7-13-19(17,18)9-8(12)14-15-16(9)3/h13H,4-7H2,1-3H3. The third-order valence-corrected chi connectivity index (χ3v) is 5.57. The molecule has 0 unspecified atom stereocenters. The van der Waals surface area contributed by atoms with Crippen molar-refractivity contribution in [2.45, 2.75) is 31.7 Å². The van der Waals surface area contributed by atoms with E-state index in [1.54, 1.807) is 7.05 Å². The summed E-state index contributed by atoms with van der Waals surface area (Å²) < 4.78 is 28.5.